The highest BCUT2D eigenvalue weighted by molar-refractivity contribution is 7.91. The predicted molar refractivity (Wildman–Crippen MR) is 42.2 cm³/mol. The third-order valence-electron chi connectivity index (χ3n) is 1.36. The van der Waals surface area contributed by atoms with Crippen LogP contribution < -0.4 is 0 Å². The summed E-state index contributed by atoms with van der Waals surface area (Å²) in [6, 6.07) is 0. The van der Waals surface area contributed by atoms with Gasteiger partial charge in [0.25, 0.3) is 15.0 Å². The molecule has 0 aliphatic rings. The van der Waals surface area contributed by atoms with Crippen molar-refractivity contribution in [1.29, 1.82) is 0 Å². The monoisotopic (exact) mass is 238 g/mol. The summed E-state index contributed by atoms with van der Waals surface area (Å²) < 4.78 is 45.5. The molecule has 0 radical (unpaired) electrons. The normalized spacial score (nSPS) is 11.7. The van der Waals surface area contributed by atoms with Gasteiger partial charge in [0, 0.05) is 12.4 Å². The van der Waals surface area contributed by atoms with Crippen molar-refractivity contribution in [1.82, 2.24) is 9.97 Å². The molecule has 0 fully saturated rings. The zero-order valence-corrected chi connectivity index (χ0v) is 7.78. The summed E-state index contributed by atoms with van der Waals surface area (Å²) in [5, 5.41) is 7.32. The van der Waals surface area contributed by atoms with E-state index in [1.807, 2.05) is 0 Å². The van der Waals surface area contributed by atoms with Crippen molar-refractivity contribution in [2.45, 2.75) is 10.9 Å². The van der Waals surface area contributed by atoms with Gasteiger partial charge in [-0.25, -0.2) is 23.2 Å². The lowest BCUT2D eigenvalue weighted by Crippen LogP contribution is -2.15. The Morgan fingerprint density at radius 3 is 2.13 bits per heavy atom. The summed E-state index contributed by atoms with van der Waals surface area (Å²) >= 11 is 0. The van der Waals surface area contributed by atoms with E-state index in [1.165, 1.54) is 0 Å². The molecule has 0 amide bonds. The maximum absolute atomic E-state index is 12.0. The first kappa shape index (κ1) is 11.4. The van der Waals surface area contributed by atoms with E-state index in [4.69, 9.17) is 5.11 Å². The van der Waals surface area contributed by atoms with Crippen LogP contribution in [0, 0.1) is 0 Å². The molecule has 0 aliphatic carbocycles. The Bertz CT molecular complexity index is 470. The van der Waals surface area contributed by atoms with E-state index in [2.05, 4.69) is 9.97 Å². The molecule has 1 rings (SSSR count). The standard InChI is InChI=1S/C6H4F2N2O4S/c7-5(8)15(13,14)6-9-1-3(2-10-6)4(11)12/h1-2,5H,(H,11,12). The lowest BCUT2D eigenvalue weighted by Gasteiger charge is -2.00. The highest BCUT2D eigenvalue weighted by Crippen LogP contribution is 2.13. The third kappa shape index (κ3) is 2.24. The Morgan fingerprint density at radius 1 is 1.33 bits per heavy atom. The predicted octanol–water partition coefficient (Wildman–Crippen LogP) is 0.171. The Kier molecular flexibility index (Phi) is 2.93. The van der Waals surface area contributed by atoms with E-state index in [0.29, 0.717) is 12.4 Å². The second kappa shape index (κ2) is 3.85. The number of carboxylic acids is 1. The smallest absolute Gasteiger partial charge is 0.344 e. The van der Waals surface area contributed by atoms with E-state index in [-0.39, 0.29) is 5.56 Å². The van der Waals surface area contributed by atoms with Crippen molar-refractivity contribution < 1.29 is 27.1 Å². The Labute approximate surface area is 82.5 Å². The number of sulfone groups is 1. The van der Waals surface area contributed by atoms with E-state index in [0.717, 1.165) is 0 Å². The van der Waals surface area contributed by atoms with Crippen molar-refractivity contribution in [2.24, 2.45) is 0 Å². The summed E-state index contributed by atoms with van der Waals surface area (Å²) in [4.78, 5) is 16.4. The van der Waals surface area contributed by atoms with Gasteiger partial charge in [-0.1, -0.05) is 0 Å². The molecular weight excluding hydrogens is 234 g/mol. The Morgan fingerprint density at radius 2 is 1.80 bits per heavy atom. The molecule has 0 bridgehead atoms. The maximum Gasteiger partial charge on any atom is 0.344 e. The minimum atomic E-state index is -4.87. The molecule has 1 aromatic rings. The summed E-state index contributed by atoms with van der Waals surface area (Å²) in [5.41, 5.74) is -0.386. The molecule has 0 atom stereocenters. The average molecular weight is 238 g/mol. The molecular formula is C6H4F2N2O4S. The van der Waals surface area contributed by atoms with Crippen molar-refractivity contribution in [3.8, 4) is 0 Å². The molecule has 0 aliphatic heterocycles. The number of hydrogen-bond acceptors (Lipinski definition) is 5. The number of alkyl halides is 2. The number of nitrogens with zero attached hydrogens (tertiary/aromatic N) is 2. The first-order chi connectivity index (χ1) is 6.85. The van der Waals surface area contributed by atoms with Gasteiger partial charge in [-0.05, 0) is 0 Å². The fourth-order valence-electron chi connectivity index (χ4n) is 0.653. The van der Waals surface area contributed by atoms with E-state index >= 15 is 0 Å². The van der Waals surface area contributed by atoms with Crippen LogP contribution in [0.3, 0.4) is 0 Å². The Hall–Kier alpha value is -1.64. The number of carboxylic acid groups (broad SMARTS) is 1. The third-order valence-corrected chi connectivity index (χ3v) is 2.55. The second-order valence-corrected chi connectivity index (χ2v) is 4.18. The van der Waals surface area contributed by atoms with Gasteiger partial charge in [0.15, 0.2) is 0 Å². The highest BCUT2D eigenvalue weighted by atomic mass is 32.2. The van der Waals surface area contributed by atoms with Crippen LogP contribution in [0.5, 0.6) is 0 Å². The summed E-state index contributed by atoms with van der Waals surface area (Å²) in [6.45, 7) is 0. The molecule has 0 saturated heterocycles. The van der Waals surface area contributed by atoms with Crippen molar-refractivity contribution in [3.63, 3.8) is 0 Å². The molecule has 9 heteroatoms. The van der Waals surface area contributed by atoms with E-state index in [9.17, 15) is 22.0 Å². The number of rotatable bonds is 3. The van der Waals surface area contributed by atoms with Gasteiger partial charge in [-0.2, -0.15) is 8.78 Å². The van der Waals surface area contributed by atoms with Crippen molar-refractivity contribution in [3.05, 3.63) is 18.0 Å². The second-order valence-electron chi connectivity index (χ2n) is 2.37. The lowest BCUT2D eigenvalue weighted by atomic mass is 10.4. The van der Waals surface area contributed by atoms with Crippen LogP contribution >= 0.6 is 0 Å². The molecule has 0 aromatic carbocycles. The number of aromatic nitrogens is 2. The van der Waals surface area contributed by atoms with Gasteiger partial charge in [-0.15, -0.1) is 0 Å². The van der Waals surface area contributed by atoms with Gasteiger partial charge in [0.1, 0.15) is 0 Å². The highest BCUT2D eigenvalue weighted by Gasteiger charge is 2.29. The zero-order valence-electron chi connectivity index (χ0n) is 6.96. The molecule has 1 N–H and O–H groups in total. The summed E-state index contributed by atoms with van der Waals surface area (Å²) in [5.74, 6) is -5.01. The first-order valence-electron chi connectivity index (χ1n) is 3.43. The molecule has 1 heterocycles. The molecule has 6 nitrogen and oxygen atoms in total. The van der Waals surface area contributed by atoms with Gasteiger partial charge in [-0.3, -0.25) is 0 Å². The van der Waals surface area contributed by atoms with Crippen LogP contribution in [0.2, 0.25) is 0 Å². The van der Waals surface area contributed by atoms with Crippen LogP contribution in [0.4, 0.5) is 8.78 Å². The molecule has 15 heavy (non-hydrogen) atoms. The fourth-order valence-corrected chi connectivity index (χ4v) is 1.21. The van der Waals surface area contributed by atoms with Gasteiger partial charge >= 0.3 is 11.7 Å². The first-order valence-corrected chi connectivity index (χ1v) is 4.97. The minimum absolute atomic E-state index is 0.386. The minimum Gasteiger partial charge on any atom is -0.478 e. The number of aromatic carboxylic acids is 1. The van der Waals surface area contributed by atoms with E-state index in [1.54, 1.807) is 0 Å². The number of hydrogen-bond donors (Lipinski definition) is 1. The fraction of sp³-hybridized carbons (Fsp3) is 0.167. The van der Waals surface area contributed by atoms with Crippen LogP contribution in [0.15, 0.2) is 17.6 Å². The van der Waals surface area contributed by atoms with Crippen LogP contribution in [-0.4, -0.2) is 35.2 Å². The van der Waals surface area contributed by atoms with Crippen molar-refractivity contribution in [2.75, 3.05) is 0 Å². The average Bonchev–Trinajstić information content (AvgIpc) is 2.17. The molecule has 0 spiro atoms. The van der Waals surface area contributed by atoms with Gasteiger partial charge in [0.2, 0.25) is 0 Å². The Balaban J connectivity index is 3.15. The zero-order chi connectivity index (χ0) is 11.6. The number of carbonyl (C=O) groups is 1. The lowest BCUT2D eigenvalue weighted by molar-refractivity contribution is 0.0695. The molecule has 0 saturated carbocycles. The van der Waals surface area contributed by atoms with Crippen molar-refractivity contribution >= 4 is 15.8 Å². The maximum atomic E-state index is 12.0. The largest absolute Gasteiger partial charge is 0.478 e. The van der Waals surface area contributed by atoms with Crippen LogP contribution in [0.25, 0.3) is 0 Å². The molecule has 1 aromatic heterocycles. The van der Waals surface area contributed by atoms with E-state index < -0.39 is 26.7 Å². The SMILES string of the molecule is O=C(O)c1cnc(S(=O)(=O)C(F)F)nc1. The summed E-state index contributed by atoms with van der Waals surface area (Å²) in [6.07, 6.45) is 1.29. The molecule has 82 valence electrons. The quantitative estimate of drug-likeness (QED) is 0.754. The van der Waals surface area contributed by atoms with Crippen LogP contribution in [-0.2, 0) is 9.84 Å². The van der Waals surface area contributed by atoms with Gasteiger partial charge < -0.3 is 5.11 Å². The van der Waals surface area contributed by atoms with Crippen LogP contribution in [0.1, 0.15) is 10.4 Å². The summed E-state index contributed by atoms with van der Waals surface area (Å²) in [7, 11) is -4.87. The molecule has 0 unspecified atom stereocenters. The number of halogens is 2. The van der Waals surface area contributed by atoms with Gasteiger partial charge in [0.05, 0.1) is 5.56 Å². The topological polar surface area (TPSA) is 97.2 Å².